The third-order valence-corrected chi connectivity index (χ3v) is 3.04. The van der Waals surface area contributed by atoms with Gasteiger partial charge in [0.05, 0.1) is 0 Å². The van der Waals surface area contributed by atoms with Gasteiger partial charge < -0.3 is 10.2 Å². The summed E-state index contributed by atoms with van der Waals surface area (Å²) in [5.41, 5.74) is 4.84. The van der Waals surface area contributed by atoms with Crippen LogP contribution in [-0.2, 0) is 0 Å². The molecule has 0 radical (unpaired) electrons. The fourth-order valence-corrected chi connectivity index (χ4v) is 2.17. The van der Waals surface area contributed by atoms with Gasteiger partial charge in [0.2, 0.25) is 0 Å². The second kappa shape index (κ2) is 5.26. The summed E-state index contributed by atoms with van der Waals surface area (Å²) in [7, 11) is 3.93. The molecule has 1 aromatic heterocycles. The number of anilines is 3. The van der Waals surface area contributed by atoms with E-state index in [-0.39, 0.29) is 0 Å². The first-order chi connectivity index (χ1) is 8.97. The first kappa shape index (κ1) is 13.3. The van der Waals surface area contributed by atoms with E-state index >= 15 is 0 Å². The number of hydrogen-bond acceptors (Lipinski definition) is 4. The second-order valence-corrected chi connectivity index (χ2v) is 5.05. The van der Waals surface area contributed by atoms with Crippen LogP contribution >= 0.6 is 0 Å². The van der Waals surface area contributed by atoms with Crippen LogP contribution in [0.25, 0.3) is 0 Å². The Balaban J connectivity index is 2.34. The standard InChI is InChI=1S/C15H20N4/c1-10-6-11(2)15(12(3)7-10)18-13-8-14(19(4)5)17-9-16-13/h6-9H,1-5H3,(H,16,17,18). The molecular formula is C15H20N4. The first-order valence-electron chi connectivity index (χ1n) is 6.31. The minimum atomic E-state index is 0.814. The Morgan fingerprint density at radius 1 is 0.947 bits per heavy atom. The molecule has 4 heteroatoms. The largest absolute Gasteiger partial charge is 0.363 e. The lowest BCUT2D eigenvalue weighted by Gasteiger charge is -2.15. The van der Waals surface area contributed by atoms with E-state index in [4.69, 9.17) is 0 Å². The highest BCUT2D eigenvalue weighted by Gasteiger charge is 2.06. The molecule has 4 nitrogen and oxygen atoms in total. The van der Waals surface area contributed by atoms with Crippen molar-refractivity contribution >= 4 is 17.3 Å². The molecule has 0 atom stereocenters. The first-order valence-corrected chi connectivity index (χ1v) is 6.31. The summed E-state index contributed by atoms with van der Waals surface area (Å²) in [5, 5.41) is 3.39. The zero-order valence-corrected chi connectivity index (χ0v) is 12.2. The van der Waals surface area contributed by atoms with Gasteiger partial charge >= 0.3 is 0 Å². The zero-order valence-electron chi connectivity index (χ0n) is 12.2. The Morgan fingerprint density at radius 3 is 2.16 bits per heavy atom. The van der Waals surface area contributed by atoms with E-state index in [0.29, 0.717) is 0 Å². The molecule has 0 bridgehead atoms. The molecule has 1 heterocycles. The van der Waals surface area contributed by atoms with Gasteiger partial charge in [0, 0.05) is 25.8 Å². The van der Waals surface area contributed by atoms with Crippen molar-refractivity contribution in [3.63, 3.8) is 0 Å². The van der Waals surface area contributed by atoms with Gasteiger partial charge in [-0.3, -0.25) is 0 Å². The van der Waals surface area contributed by atoms with Crippen LogP contribution in [0.15, 0.2) is 24.5 Å². The van der Waals surface area contributed by atoms with Gasteiger partial charge in [-0.15, -0.1) is 0 Å². The van der Waals surface area contributed by atoms with Gasteiger partial charge in [-0.1, -0.05) is 17.7 Å². The maximum atomic E-state index is 4.27. The van der Waals surface area contributed by atoms with Crippen LogP contribution in [0.4, 0.5) is 17.3 Å². The monoisotopic (exact) mass is 256 g/mol. The highest BCUT2D eigenvalue weighted by Crippen LogP contribution is 2.25. The van der Waals surface area contributed by atoms with Crippen LogP contribution in [0.2, 0.25) is 0 Å². The van der Waals surface area contributed by atoms with Gasteiger partial charge in [0.15, 0.2) is 0 Å². The Hall–Kier alpha value is -2.10. The molecule has 0 unspecified atom stereocenters. The quantitative estimate of drug-likeness (QED) is 0.915. The smallest absolute Gasteiger partial charge is 0.135 e. The number of rotatable bonds is 3. The van der Waals surface area contributed by atoms with Crippen LogP contribution in [0, 0.1) is 20.8 Å². The number of hydrogen-bond donors (Lipinski definition) is 1. The molecule has 1 aromatic carbocycles. The molecule has 2 aromatic rings. The second-order valence-electron chi connectivity index (χ2n) is 5.05. The molecule has 19 heavy (non-hydrogen) atoms. The molecule has 0 spiro atoms. The van der Waals surface area contributed by atoms with E-state index in [0.717, 1.165) is 17.3 Å². The van der Waals surface area contributed by atoms with Gasteiger partial charge in [0.25, 0.3) is 0 Å². The topological polar surface area (TPSA) is 41.0 Å². The van der Waals surface area contributed by atoms with Crippen LogP contribution in [-0.4, -0.2) is 24.1 Å². The molecule has 0 amide bonds. The summed E-state index contributed by atoms with van der Waals surface area (Å²) in [6, 6.07) is 6.28. The van der Waals surface area contributed by atoms with Crippen molar-refractivity contribution in [2.45, 2.75) is 20.8 Å². The lowest BCUT2D eigenvalue weighted by atomic mass is 10.1. The summed E-state index contributed by atoms with van der Waals surface area (Å²) in [6.07, 6.45) is 1.58. The minimum absolute atomic E-state index is 0.814. The summed E-state index contributed by atoms with van der Waals surface area (Å²) in [5.74, 6) is 1.70. The van der Waals surface area contributed by atoms with Gasteiger partial charge in [0.1, 0.15) is 18.0 Å². The van der Waals surface area contributed by atoms with Gasteiger partial charge in [-0.05, 0) is 31.9 Å². The Labute approximate surface area is 114 Å². The summed E-state index contributed by atoms with van der Waals surface area (Å²) in [4.78, 5) is 10.4. The number of aromatic nitrogens is 2. The van der Waals surface area contributed by atoms with Crippen molar-refractivity contribution in [3.8, 4) is 0 Å². The SMILES string of the molecule is Cc1cc(C)c(Nc2cc(N(C)C)ncn2)c(C)c1. The molecule has 0 aliphatic rings. The average Bonchev–Trinajstić information content (AvgIpc) is 2.34. The Kier molecular flexibility index (Phi) is 3.69. The van der Waals surface area contributed by atoms with E-state index in [9.17, 15) is 0 Å². The summed E-state index contributed by atoms with van der Waals surface area (Å²) < 4.78 is 0. The van der Waals surface area contributed by atoms with E-state index in [1.807, 2.05) is 25.1 Å². The Morgan fingerprint density at radius 2 is 1.58 bits per heavy atom. The van der Waals surface area contributed by atoms with Crippen molar-refractivity contribution in [3.05, 3.63) is 41.2 Å². The fraction of sp³-hybridized carbons (Fsp3) is 0.333. The van der Waals surface area contributed by atoms with Crippen molar-refractivity contribution < 1.29 is 0 Å². The minimum Gasteiger partial charge on any atom is -0.363 e. The molecule has 2 rings (SSSR count). The predicted molar refractivity (Wildman–Crippen MR) is 80.3 cm³/mol. The van der Waals surface area contributed by atoms with E-state index < -0.39 is 0 Å². The summed E-state index contributed by atoms with van der Waals surface area (Å²) in [6.45, 7) is 6.32. The highest BCUT2D eigenvalue weighted by atomic mass is 15.2. The number of nitrogens with zero attached hydrogens (tertiary/aromatic N) is 3. The molecule has 100 valence electrons. The van der Waals surface area contributed by atoms with Gasteiger partial charge in [-0.25, -0.2) is 9.97 Å². The summed E-state index contributed by atoms with van der Waals surface area (Å²) >= 11 is 0. The third-order valence-electron chi connectivity index (χ3n) is 3.04. The highest BCUT2D eigenvalue weighted by molar-refractivity contribution is 5.66. The maximum Gasteiger partial charge on any atom is 0.135 e. The molecule has 0 saturated carbocycles. The van der Waals surface area contributed by atoms with E-state index in [2.05, 4.69) is 48.2 Å². The fourth-order valence-electron chi connectivity index (χ4n) is 2.17. The third kappa shape index (κ3) is 3.02. The molecule has 0 fully saturated rings. The lowest BCUT2D eigenvalue weighted by molar-refractivity contribution is 1.04. The van der Waals surface area contributed by atoms with Crippen molar-refractivity contribution in [2.75, 3.05) is 24.3 Å². The predicted octanol–water partition coefficient (Wildman–Crippen LogP) is 3.21. The van der Waals surface area contributed by atoms with Crippen LogP contribution < -0.4 is 10.2 Å². The van der Waals surface area contributed by atoms with Gasteiger partial charge in [-0.2, -0.15) is 0 Å². The molecule has 1 N–H and O–H groups in total. The van der Waals surface area contributed by atoms with Crippen LogP contribution in [0.1, 0.15) is 16.7 Å². The average molecular weight is 256 g/mol. The van der Waals surface area contributed by atoms with E-state index in [1.165, 1.54) is 16.7 Å². The van der Waals surface area contributed by atoms with Crippen molar-refractivity contribution in [1.29, 1.82) is 0 Å². The normalized spacial score (nSPS) is 10.4. The molecular weight excluding hydrogens is 236 g/mol. The van der Waals surface area contributed by atoms with Crippen LogP contribution in [0.3, 0.4) is 0 Å². The number of nitrogens with one attached hydrogen (secondary N) is 1. The van der Waals surface area contributed by atoms with E-state index in [1.54, 1.807) is 6.33 Å². The lowest BCUT2D eigenvalue weighted by Crippen LogP contribution is -2.11. The zero-order chi connectivity index (χ0) is 14.0. The van der Waals surface area contributed by atoms with Crippen molar-refractivity contribution in [1.82, 2.24) is 9.97 Å². The maximum absolute atomic E-state index is 4.27. The molecule has 0 saturated heterocycles. The number of benzene rings is 1. The van der Waals surface area contributed by atoms with Crippen LogP contribution in [0.5, 0.6) is 0 Å². The molecule has 0 aliphatic carbocycles. The molecule has 0 aliphatic heterocycles. The number of aryl methyl sites for hydroxylation is 3. The Bertz CT molecular complexity index is 567. The van der Waals surface area contributed by atoms with Crippen molar-refractivity contribution in [2.24, 2.45) is 0 Å².